The first-order valence-corrected chi connectivity index (χ1v) is 8.09. The quantitative estimate of drug-likeness (QED) is 0.200. The SMILES string of the molecule is CCNC(=NCCCOCC(F)(F)F)NCCCOCC(C)C.I. The summed E-state index contributed by atoms with van der Waals surface area (Å²) in [5, 5.41) is 6.25. The second-order valence-electron chi connectivity index (χ2n) is 5.53. The van der Waals surface area contributed by atoms with Gasteiger partial charge in [0.25, 0.3) is 0 Å². The summed E-state index contributed by atoms with van der Waals surface area (Å²) >= 11 is 0. The van der Waals surface area contributed by atoms with Crippen LogP contribution in [-0.4, -0.2) is 58.2 Å². The van der Waals surface area contributed by atoms with Crippen LogP contribution in [0.2, 0.25) is 0 Å². The van der Waals surface area contributed by atoms with Crippen molar-refractivity contribution in [1.29, 1.82) is 0 Å². The van der Waals surface area contributed by atoms with Crippen molar-refractivity contribution >= 4 is 29.9 Å². The number of nitrogens with one attached hydrogen (secondary N) is 2. The third-order valence-electron chi connectivity index (χ3n) is 2.54. The molecule has 0 aliphatic carbocycles. The van der Waals surface area contributed by atoms with E-state index in [0.29, 0.717) is 31.4 Å². The molecule has 0 aliphatic rings. The summed E-state index contributed by atoms with van der Waals surface area (Å²) in [7, 11) is 0. The molecule has 0 saturated heterocycles. The summed E-state index contributed by atoms with van der Waals surface area (Å²) in [6.45, 7) is 8.32. The fourth-order valence-corrected chi connectivity index (χ4v) is 1.59. The van der Waals surface area contributed by atoms with Crippen LogP contribution in [0.1, 0.15) is 33.6 Å². The molecule has 0 bridgehead atoms. The molecule has 0 unspecified atom stereocenters. The zero-order chi connectivity index (χ0) is 17.6. The fraction of sp³-hybridized carbons (Fsp3) is 0.933. The Morgan fingerprint density at radius 1 is 1.08 bits per heavy atom. The van der Waals surface area contributed by atoms with E-state index >= 15 is 0 Å². The van der Waals surface area contributed by atoms with Crippen molar-refractivity contribution in [3.63, 3.8) is 0 Å². The van der Waals surface area contributed by atoms with E-state index in [1.165, 1.54) is 0 Å². The highest BCUT2D eigenvalue weighted by atomic mass is 127. The summed E-state index contributed by atoms with van der Waals surface area (Å²) in [6, 6.07) is 0. The molecule has 0 radical (unpaired) electrons. The number of ether oxygens (including phenoxy) is 2. The number of hydrogen-bond acceptors (Lipinski definition) is 3. The molecule has 146 valence electrons. The molecule has 0 spiro atoms. The molecule has 0 atom stereocenters. The first kappa shape index (κ1) is 25.9. The van der Waals surface area contributed by atoms with Crippen LogP contribution in [0.15, 0.2) is 4.99 Å². The lowest BCUT2D eigenvalue weighted by Gasteiger charge is -2.12. The number of rotatable bonds is 12. The highest BCUT2D eigenvalue weighted by Gasteiger charge is 2.27. The first-order chi connectivity index (χ1) is 10.8. The molecule has 0 aromatic heterocycles. The van der Waals surface area contributed by atoms with Crippen LogP contribution in [0.5, 0.6) is 0 Å². The molecule has 0 saturated carbocycles. The van der Waals surface area contributed by atoms with Gasteiger partial charge in [-0.3, -0.25) is 4.99 Å². The third kappa shape index (κ3) is 19.8. The minimum atomic E-state index is -4.27. The lowest BCUT2D eigenvalue weighted by Crippen LogP contribution is -2.38. The van der Waals surface area contributed by atoms with E-state index in [2.05, 4.69) is 34.2 Å². The summed E-state index contributed by atoms with van der Waals surface area (Å²) in [5.74, 6) is 1.19. The minimum absolute atomic E-state index is 0. The standard InChI is InChI=1S/C15H30F3N3O2.HI/c1-4-19-14(20-7-5-9-22-11-13(2)3)21-8-6-10-23-12-15(16,17)18;/h13H,4-12H2,1-3H3,(H2,19,20,21);1H. The van der Waals surface area contributed by atoms with Gasteiger partial charge in [-0.1, -0.05) is 13.8 Å². The second-order valence-corrected chi connectivity index (χ2v) is 5.53. The number of aliphatic imine (C=N–C) groups is 1. The van der Waals surface area contributed by atoms with Crippen molar-refractivity contribution in [3.8, 4) is 0 Å². The van der Waals surface area contributed by atoms with Crippen molar-refractivity contribution in [2.24, 2.45) is 10.9 Å². The maximum atomic E-state index is 11.9. The van der Waals surface area contributed by atoms with E-state index in [0.717, 1.165) is 26.1 Å². The monoisotopic (exact) mass is 469 g/mol. The van der Waals surface area contributed by atoms with Gasteiger partial charge < -0.3 is 20.1 Å². The van der Waals surface area contributed by atoms with Crippen molar-refractivity contribution in [1.82, 2.24) is 10.6 Å². The van der Waals surface area contributed by atoms with Gasteiger partial charge in [0.05, 0.1) is 0 Å². The summed E-state index contributed by atoms with van der Waals surface area (Å²) in [4.78, 5) is 4.29. The normalized spacial score (nSPS) is 12.2. The van der Waals surface area contributed by atoms with E-state index in [1.807, 2.05) is 6.92 Å². The highest BCUT2D eigenvalue weighted by Crippen LogP contribution is 2.14. The number of nitrogens with zero attached hydrogens (tertiary/aromatic N) is 1. The summed E-state index contributed by atoms with van der Waals surface area (Å²) < 4.78 is 45.7. The van der Waals surface area contributed by atoms with Gasteiger partial charge >= 0.3 is 6.18 Å². The number of guanidine groups is 1. The van der Waals surface area contributed by atoms with Gasteiger partial charge in [0, 0.05) is 39.5 Å². The molecule has 0 fully saturated rings. The Morgan fingerprint density at radius 2 is 1.75 bits per heavy atom. The maximum Gasteiger partial charge on any atom is 0.411 e. The predicted molar refractivity (Wildman–Crippen MR) is 101 cm³/mol. The smallest absolute Gasteiger partial charge is 0.381 e. The molecule has 0 rings (SSSR count). The van der Waals surface area contributed by atoms with E-state index in [-0.39, 0.29) is 30.6 Å². The zero-order valence-corrected chi connectivity index (χ0v) is 17.1. The maximum absolute atomic E-state index is 11.9. The Labute approximate surface area is 160 Å². The van der Waals surface area contributed by atoms with Gasteiger partial charge in [-0.15, -0.1) is 24.0 Å². The largest absolute Gasteiger partial charge is 0.411 e. The van der Waals surface area contributed by atoms with Gasteiger partial charge in [0.1, 0.15) is 6.61 Å². The van der Waals surface area contributed by atoms with Crippen LogP contribution in [0.3, 0.4) is 0 Å². The zero-order valence-electron chi connectivity index (χ0n) is 14.7. The molecule has 0 amide bonds. The molecule has 0 heterocycles. The van der Waals surface area contributed by atoms with Crippen LogP contribution in [-0.2, 0) is 9.47 Å². The van der Waals surface area contributed by atoms with Crippen molar-refractivity contribution in [2.45, 2.75) is 39.8 Å². The first-order valence-electron chi connectivity index (χ1n) is 8.09. The molecule has 0 aromatic carbocycles. The molecule has 0 aliphatic heterocycles. The minimum Gasteiger partial charge on any atom is -0.381 e. The van der Waals surface area contributed by atoms with E-state index < -0.39 is 12.8 Å². The van der Waals surface area contributed by atoms with Gasteiger partial charge in [-0.25, -0.2) is 0 Å². The third-order valence-corrected chi connectivity index (χ3v) is 2.54. The van der Waals surface area contributed by atoms with E-state index in [9.17, 15) is 13.2 Å². The van der Waals surface area contributed by atoms with Crippen molar-refractivity contribution in [2.75, 3.05) is 46.1 Å². The van der Waals surface area contributed by atoms with Gasteiger partial charge in [-0.2, -0.15) is 13.2 Å². The summed E-state index contributed by atoms with van der Waals surface area (Å²) in [5.41, 5.74) is 0. The molecule has 0 aromatic rings. The van der Waals surface area contributed by atoms with Gasteiger partial charge in [-0.05, 0) is 25.7 Å². The van der Waals surface area contributed by atoms with Crippen LogP contribution >= 0.6 is 24.0 Å². The molecule has 5 nitrogen and oxygen atoms in total. The van der Waals surface area contributed by atoms with Crippen LogP contribution < -0.4 is 10.6 Å². The topological polar surface area (TPSA) is 54.9 Å². The lowest BCUT2D eigenvalue weighted by molar-refractivity contribution is -0.173. The second kappa shape index (κ2) is 16.2. The van der Waals surface area contributed by atoms with Crippen LogP contribution in [0, 0.1) is 5.92 Å². The highest BCUT2D eigenvalue weighted by molar-refractivity contribution is 14.0. The molecule has 2 N–H and O–H groups in total. The van der Waals surface area contributed by atoms with E-state index in [4.69, 9.17) is 4.74 Å². The van der Waals surface area contributed by atoms with Crippen molar-refractivity contribution < 1.29 is 22.6 Å². The molecule has 24 heavy (non-hydrogen) atoms. The number of halogens is 4. The predicted octanol–water partition coefficient (Wildman–Crippen LogP) is 3.19. The Bertz CT molecular complexity index is 317. The Morgan fingerprint density at radius 3 is 2.33 bits per heavy atom. The molecule has 9 heteroatoms. The molecular weight excluding hydrogens is 438 g/mol. The number of hydrogen-bond donors (Lipinski definition) is 2. The molecular formula is C15H31F3IN3O2. The Hall–Kier alpha value is -0.290. The average Bonchev–Trinajstić information content (AvgIpc) is 2.44. The Kier molecular flexibility index (Phi) is 17.5. The van der Waals surface area contributed by atoms with Crippen LogP contribution in [0.25, 0.3) is 0 Å². The Balaban J connectivity index is 0. The average molecular weight is 469 g/mol. The van der Waals surface area contributed by atoms with Gasteiger partial charge in [0.15, 0.2) is 5.96 Å². The number of alkyl halides is 3. The van der Waals surface area contributed by atoms with Crippen molar-refractivity contribution in [3.05, 3.63) is 0 Å². The van der Waals surface area contributed by atoms with Gasteiger partial charge in [0.2, 0.25) is 0 Å². The summed E-state index contributed by atoms with van der Waals surface area (Å²) in [6.07, 6.45) is -2.95. The van der Waals surface area contributed by atoms with E-state index in [1.54, 1.807) is 0 Å². The fourth-order valence-electron chi connectivity index (χ4n) is 1.59. The lowest BCUT2D eigenvalue weighted by atomic mass is 10.2. The van der Waals surface area contributed by atoms with Crippen LogP contribution in [0.4, 0.5) is 13.2 Å².